The number of aliphatic imine (C=N–C) groups is 1. The van der Waals surface area contributed by atoms with Gasteiger partial charge in [-0.3, -0.25) is 9.79 Å². The average molecular weight is 357 g/mol. The van der Waals surface area contributed by atoms with E-state index in [9.17, 15) is 13.2 Å². The normalized spacial score (nSPS) is 21.9. The summed E-state index contributed by atoms with van der Waals surface area (Å²) in [6.45, 7) is 8.38. The number of carbonyl (C=O) groups excluding carboxylic acids is 1. The summed E-state index contributed by atoms with van der Waals surface area (Å²) in [7, 11) is -3.92. The molecule has 0 spiro atoms. The number of rotatable bonds is 4. The van der Waals surface area contributed by atoms with Crippen molar-refractivity contribution in [3.05, 3.63) is 29.8 Å². The van der Waals surface area contributed by atoms with Gasteiger partial charge in [0.1, 0.15) is 11.9 Å². The van der Waals surface area contributed by atoms with Crippen molar-refractivity contribution in [2.24, 2.45) is 4.99 Å². The molecular formula is C16H21ClN2O3S. The Labute approximate surface area is 142 Å². The second-order valence-corrected chi connectivity index (χ2v) is 8.84. The number of Topliss-reactive ketones (excluding diaryl/α,β-unsaturated/α-hetero) is 1. The van der Waals surface area contributed by atoms with Crippen LogP contribution in [-0.2, 0) is 14.8 Å². The largest absolute Gasteiger partial charge is 0.298 e. The van der Waals surface area contributed by atoms with Gasteiger partial charge in [0, 0.05) is 0 Å². The molecule has 1 aliphatic rings. The van der Waals surface area contributed by atoms with Gasteiger partial charge in [0.05, 0.1) is 15.8 Å². The molecule has 2 rings (SSSR count). The molecular weight excluding hydrogens is 336 g/mol. The average Bonchev–Trinajstić information content (AvgIpc) is 2.72. The zero-order chi connectivity index (χ0) is 17.6. The summed E-state index contributed by atoms with van der Waals surface area (Å²) in [5.41, 5.74) is 0.0932. The topological polar surface area (TPSA) is 66.8 Å². The first-order valence-corrected chi connectivity index (χ1v) is 9.21. The van der Waals surface area contributed by atoms with E-state index in [0.717, 1.165) is 9.87 Å². The van der Waals surface area contributed by atoms with Gasteiger partial charge in [0.15, 0.2) is 5.78 Å². The number of nitrogens with zero attached hydrogens (tertiary/aromatic N) is 2. The molecule has 126 valence electrons. The number of aryl methyl sites for hydroxylation is 1. The highest BCUT2D eigenvalue weighted by atomic mass is 35.5. The van der Waals surface area contributed by atoms with Gasteiger partial charge in [-0.1, -0.05) is 17.7 Å². The summed E-state index contributed by atoms with van der Waals surface area (Å²) in [5, 5.41) is -0.626. The van der Waals surface area contributed by atoms with Crippen molar-refractivity contribution >= 4 is 33.2 Å². The second kappa shape index (κ2) is 5.91. The molecule has 0 fully saturated rings. The maximum absolute atomic E-state index is 13.1. The highest BCUT2D eigenvalue weighted by Gasteiger charge is 2.51. The molecule has 0 bridgehead atoms. The zero-order valence-electron chi connectivity index (χ0n) is 13.9. The molecule has 1 aromatic carbocycles. The molecule has 0 radical (unpaired) electrons. The minimum absolute atomic E-state index is 0.122. The lowest BCUT2D eigenvalue weighted by Gasteiger charge is -2.31. The third-order valence-electron chi connectivity index (χ3n) is 3.85. The molecule has 0 aromatic heterocycles. The molecule has 7 heteroatoms. The summed E-state index contributed by atoms with van der Waals surface area (Å²) >= 11 is 6.15. The highest BCUT2D eigenvalue weighted by molar-refractivity contribution is 7.89. The third-order valence-corrected chi connectivity index (χ3v) is 5.83. The maximum Gasteiger partial charge on any atom is 0.266 e. The highest BCUT2D eigenvalue weighted by Crippen LogP contribution is 2.35. The number of ketones is 1. The molecule has 1 aliphatic heterocycles. The Hall–Kier alpha value is -1.40. The molecule has 0 saturated carbocycles. The predicted octanol–water partition coefficient (Wildman–Crippen LogP) is 2.76. The fourth-order valence-electron chi connectivity index (χ4n) is 2.84. The number of benzene rings is 1. The number of sulfonamides is 1. The van der Waals surface area contributed by atoms with Crippen LogP contribution in [0.1, 0.15) is 33.3 Å². The number of carbonyl (C=O) groups is 1. The van der Waals surface area contributed by atoms with Gasteiger partial charge < -0.3 is 0 Å². The van der Waals surface area contributed by atoms with Crippen LogP contribution < -0.4 is 0 Å². The Morgan fingerprint density at radius 3 is 2.26 bits per heavy atom. The molecule has 0 amide bonds. The SMILES string of the molecule is CC(=O)[C@H]1N(S(=O)(=O)c2ccc(C)cc2)C([C@H](C)Cl)=NC1(C)C. The van der Waals surface area contributed by atoms with Gasteiger partial charge in [-0.25, -0.2) is 12.7 Å². The van der Waals surface area contributed by atoms with E-state index in [0.29, 0.717) is 0 Å². The van der Waals surface area contributed by atoms with Crippen LogP contribution in [0, 0.1) is 6.92 Å². The summed E-state index contributed by atoms with van der Waals surface area (Å²) in [5.74, 6) is -0.0563. The number of alkyl halides is 1. The maximum atomic E-state index is 13.1. The Morgan fingerprint density at radius 2 is 1.83 bits per heavy atom. The van der Waals surface area contributed by atoms with Gasteiger partial charge in [-0.15, -0.1) is 11.6 Å². The van der Waals surface area contributed by atoms with Crippen LogP contribution in [0.3, 0.4) is 0 Å². The van der Waals surface area contributed by atoms with Gasteiger partial charge in [-0.2, -0.15) is 0 Å². The van der Waals surface area contributed by atoms with E-state index in [-0.39, 0.29) is 16.5 Å². The molecule has 0 unspecified atom stereocenters. The van der Waals surface area contributed by atoms with Crippen LogP contribution in [-0.4, -0.2) is 41.3 Å². The first-order valence-electron chi connectivity index (χ1n) is 7.34. The van der Waals surface area contributed by atoms with E-state index in [2.05, 4.69) is 4.99 Å². The summed E-state index contributed by atoms with van der Waals surface area (Å²) < 4.78 is 27.3. The molecule has 0 N–H and O–H groups in total. The van der Waals surface area contributed by atoms with Gasteiger partial charge in [0.25, 0.3) is 10.0 Å². The number of hydrogen-bond donors (Lipinski definition) is 0. The van der Waals surface area contributed by atoms with E-state index in [1.165, 1.54) is 19.1 Å². The second-order valence-electron chi connectivity index (χ2n) is 6.37. The summed E-state index contributed by atoms with van der Waals surface area (Å²) in [4.78, 5) is 16.7. The van der Waals surface area contributed by atoms with Gasteiger partial charge in [-0.05, 0) is 46.8 Å². The van der Waals surface area contributed by atoms with Crippen LogP contribution in [0.2, 0.25) is 0 Å². The van der Waals surface area contributed by atoms with E-state index in [1.54, 1.807) is 32.9 Å². The standard InChI is InChI=1S/C16H21ClN2O3S/c1-10-6-8-13(9-7-10)23(21,22)19-14(12(3)20)16(4,5)18-15(19)11(2)17/h6-9,11,14H,1-5H3/t11-,14+/m0/s1. The van der Waals surface area contributed by atoms with Crippen molar-refractivity contribution in [2.75, 3.05) is 0 Å². The number of amidine groups is 1. The third kappa shape index (κ3) is 3.15. The van der Waals surface area contributed by atoms with E-state index in [1.807, 2.05) is 6.92 Å². The Kier molecular flexibility index (Phi) is 4.61. The van der Waals surface area contributed by atoms with Crippen molar-refractivity contribution in [3.63, 3.8) is 0 Å². The van der Waals surface area contributed by atoms with Crippen LogP contribution in [0.25, 0.3) is 0 Å². The smallest absolute Gasteiger partial charge is 0.266 e. The van der Waals surface area contributed by atoms with Crippen molar-refractivity contribution < 1.29 is 13.2 Å². The minimum atomic E-state index is -3.92. The van der Waals surface area contributed by atoms with Crippen molar-refractivity contribution in [2.45, 2.75) is 56.5 Å². The molecule has 2 atom stereocenters. The van der Waals surface area contributed by atoms with Crippen molar-refractivity contribution in [1.29, 1.82) is 0 Å². The molecule has 1 heterocycles. The van der Waals surface area contributed by atoms with Crippen LogP contribution in [0.5, 0.6) is 0 Å². The lowest BCUT2D eigenvalue weighted by Crippen LogP contribution is -2.52. The summed E-state index contributed by atoms with van der Waals surface area (Å²) in [6, 6.07) is 5.60. The lowest BCUT2D eigenvalue weighted by atomic mass is 9.94. The van der Waals surface area contributed by atoms with Gasteiger partial charge >= 0.3 is 0 Å². The predicted molar refractivity (Wildman–Crippen MR) is 91.5 cm³/mol. The summed E-state index contributed by atoms with van der Waals surface area (Å²) in [6.07, 6.45) is 0. The first-order chi connectivity index (χ1) is 10.5. The molecule has 0 aliphatic carbocycles. The first kappa shape index (κ1) is 17.9. The Balaban J connectivity index is 2.63. The van der Waals surface area contributed by atoms with E-state index in [4.69, 9.17) is 11.6 Å². The molecule has 5 nitrogen and oxygen atoms in total. The molecule has 1 aromatic rings. The fraction of sp³-hybridized carbons (Fsp3) is 0.500. The van der Waals surface area contributed by atoms with Crippen LogP contribution in [0.15, 0.2) is 34.2 Å². The quantitative estimate of drug-likeness (QED) is 0.779. The monoisotopic (exact) mass is 356 g/mol. The van der Waals surface area contributed by atoms with Crippen molar-refractivity contribution in [3.8, 4) is 0 Å². The zero-order valence-corrected chi connectivity index (χ0v) is 15.4. The van der Waals surface area contributed by atoms with Crippen LogP contribution in [0.4, 0.5) is 0 Å². The lowest BCUT2D eigenvalue weighted by molar-refractivity contribution is -0.120. The molecule has 23 heavy (non-hydrogen) atoms. The van der Waals surface area contributed by atoms with E-state index >= 15 is 0 Å². The Morgan fingerprint density at radius 1 is 1.30 bits per heavy atom. The minimum Gasteiger partial charge on any atom is -0.298 e. The van der Waals surface area contributed by atoms with Crippen molar-refractivity contribution in [1.82, 2.24) is 4.31 Å². The molecule has 0 saturated heterocycles. The van der Waals surface area contributed by atoms with Crippen LogP contribution >= 0.6 is 11.6 Å². The number of hydrogen-bond acceptors (Lipinski definition) is 4. The Bertz CT molecular complexity index is 752. The number of halogens is 1. The van der Waals surface area contributed by atoms with E-state index < -0.39 is 27.0 Å². The fourth-order valence-corrected chi connectivity index (χ4v) is 4.89. The van der Waals surface area contributed by atoms with Gasteiger partial charge in [0.2, 0.25) is 0 Å².